The molecule has 1 aromatic carbocycles. The number of hydrogen-bond donors (Lipinski definition) is 0. The van der Waals surface area contributed by atoms with Crippen molar-refractivity contribution >= 4 is 5.78 Å². The molecule has 2 heterocycles. The number of halogens is 1. The second-order valence-electron chi connectivity index (χ2n) is 5.59. The van der Waals surface area contributed by atoms with Crippen molar-refractivity contribution in [2.45, 2.75) is 37.8 Å². The molecule has 96 valence electrons. The maximum atomic E-state index is 12.9. The first-order valence-electron chi connectivity index (χ1n) is 6.67. The number of carbonyl (C=O) groups is 1. The van der Waals surface area contributed by atoms with E-state index in [2.05, 4.69) is 11.9 Å². The van der Waals surface area contributed by atoms with Crippen LogP contribution in [-0.2, 0) is 0 Å². The molecule has 0 spiro atoms. The minimum Gasteiger partial charge on any atom is -0.300 e. The maximum absolute atomic E-state index is 12.9. The Bertz CT molecular complexity index is 442. The Morgan fingerprint density at radius 1 is 1.17 bits per heavy atom. The van der Waals surface area contributed by atoms with Crippen molar-refractivity contribution in [2.24, 2.45) is 5.92 Å². The number of ketones is 1. The fourth-order valence-corrected chi connectivity index (χ4v) is 3.48. The molecule has 0 N–H and O–H groups in total. The van der Waals surface area contributed by atoms with Crippen LogP contribution in [0.4, 0.5) is 4.39 Å². The summed E-state index contributed by atoms with van der Waals surface area (Å²) in [4.78, 5) is 14.8. The van der Waals surface area contributed by atoms with Gasteiger partial charge in [0.05, 0.1) is 0 Å². The molecule has 1 aromatic rings. The standard InChI is InChI=1S/C15H18FNO/c1-17-13-6-7-14(17)9-11(8-13)15(18)10-2-4-12(16)5-3-10/h2-5,11,13-14H,6-9H2,1H3/t11?,13-,14+. The first kappa shape index (κ1) is 11.8. The Kier molecular flexibility index (Phi) is 2.94. The monoisotopic (exact) mass is 247 g/mol. The van der Waals surface area contributed by atoms with Gasteiger partial charge in [0, 0.05) is 23.6 Å². The van der Waals surface area contributed by atoms with Gasteiger partial charge in [0.15, 0.2) is 5.78 Å². The number of nitrogens with zero attached hydrogens (tertiary/aromatic N) is 1. The lowest BCUT2D eigenvalue weighted by Crippen LogP contribution is -2.42. The molecule has 18 heavy (non-hydrogen) atoms. The lowest BCUT2D eigenvalue weighted by Gasteiger charge is -2.35. The van der Waals surface area contributed by atoms with Crippen LogP contribution in [0.3, 0.4) is 0 Å². The molecular weight excluding hydrogens is 229 g/mol. The second-order valence-corrected chi connectivity index (χ2v) is 5.59. The van der Waals surface area contributed by atoms with E-state index < -0.39 is 0 Å². The highest BCUT2D eigenvalue weighted by Crippen LogP contribution is 2.38. The third kappa shape index (κ3) is 1.97. The average molecular weight is 247 g/mol. The van der Waals surface area contributed by atoms with Gasteiger partial charge in [-0.3, -0.25) is 4.79 Å². The average Bonchev–Trinajstić information content (AvgIpc) is 2.62. The Balaban J connectivity index is 1.76. The highest BCUT2D eigenvalue weighted by Gasteiger charge is 2.40. The molecule has 0 aromatic heterocycles. The number of benzene rings is 1. The molecular formula is C15H18FNO. The summed E-state index contributed by atoms with van der Waals surface area (Å²) in [6.07, 6.45) is 4.36. The van der Waals surface area contributed by atoms with Crippen molar-refractivity contribution < 1.29 is 9.18 Å². The molecule has 3 rings (SSSR count). The van der Waals surface area contributed by atoms with E-state index in [0.717, 1.165) is 12.8 Å². The van der Waals surface area contributed by atoms with Gasteiger partial charge in [0.1, 0.15) is 5.82 Å². The number of piperidine rings is 1. The lowest BCUT2D eigenvalue weighted by atomic mass is 9.85. The van der Waals surface area contributed by atoms with Crippen LogP contribution in [0.15, 0.2) is 24.3 Å². The Labute approximate surface area is 107 Å². The van der Waals surface area contributed by atoms with Crippen molar-refractivity contribution in [3.05, 3.63) is 35.6 Å². The van der Waals surface area contributed by atoms with Crippen LogP contribution in [0.5, 0.6) is 0 Å². The number of hydrogen-bond acceptors (Lipinski definition) is 2. The molecule has 2 aliphatic rings. The molecule has 0 aliphatic carbocycles. The largest absolute Gasteiger partial charge is 0.300 e. The van der Waals surface area contributed by atoms with E-state index in [1.165, 1.54) is 25.0 Å². The van der Waals surface area contributed by atoms with Crippen molar-refractivity contribution in [1.29, 1.82) is 0 Å². The van der Waals surface area contributed by atoms with Crippen LogP contribution in [0.2, 0.25) is 0 Å². The van der Waals surface area contributed by atoms with E-state index >= 15 is 0 Å². The summed E-state index contributed by atoms with van der Waals surface area (Å²) < 4.78 is 12.9. The number of rotatable bonds is 2. The Morgan fingerprint density at radius 3 is 2.28 bits per heavy atom. The highest BCUT2D eigenvalue weighted by molar-refractivity contribution is 5.98. The van der Waals surface area contributed by atoms with Crippen LogP contribution in [0.1, 0.15) is 36.0 Å². The van der Waals surface area contributed by atoms with Gasteiger partial charge in [0.25, 0.3) is 0 Å². The molecule has 3 atom stereocenters. The third-order valence-electron chi connectivity index (χ3n) is 4.60. The molecule has 0 radical (unpaired) electrons. The summed E-state index contributed by atoms with van der Waals surface area (Å²) in [5.41, 5.74) is 0.658. The minimum absolute atomic E-state index is 0.129. The highest BCUT2D eigenvalue weighted by atomic mass is 19.1. The zero-order chi connectivity index (χ0) is 12.7. The van der Waals surface area contributed by atoms with E-state index in [9.17, 15) is 9.18 Å². The summed E-state index contributed by atoms with van der Waals surface area (Å²) in [6.45, 7) is 0. The van der Waals surface area contributed by atoms with Crippen LogP contribution in [0.25, 0.3) is 0 Å². The number of fused-ring (bicyclic) bond motifs is 2. The van der Waals surface area contributed by atoms with Crippen molar-refractivity contribution in [3.63, 3.8) is 0 Å². The smallest absolute Gasteiger partial charge is 0.166 e. The van der Waals surface area contributed by atoms with Crippen LogP contribution >= 0.6 is 0 Å². The molecule has 2 aliphatic heterocycles. The molecule has 2 bridgehead atoms. The predicted molar refractivity (Wildman–Crippen MR) is 68.0 cm³/mol. The van der Waals surface area contributed by atoms with Crippen molar-refractivity contribution in [2.75, 3.05) is 7.05 Å². The van der Waals surface area contributed by atoms with Gasteiger partial charge in [-0.05, 0) is 57.0 Å². The predicted octanol–water partition coefficient (Wildman–Crippen LogP) is 2.88. The van der Waals surface area contributed by atoms with E-state index in [4.69, 9.17) is 0 Å². The number of carbonyl (C=O) groups excluding carboxylic acids is 1. The van der Waals surface area contributed by atoms with Gasteiger partial charge in [-0.15, -0.1) is 0 Å². The minimum atomic E-state index is -0.282. The first-order chi connectivity index (χ1) is 8.65. The third-order valence-corrected chi connectivity index (χ3v) is 4.60. The van der Waals surface area contributed by atoms with Crippen LogP contribution in [0, 0.1) is 11.7 Å². The van der Waals surface area contributed by atoms with Gasteiger partial charge in [-0.2, -0.15) is 0 Å². The molecule has 2 saturated heterocycles. The summed E-state index contributed by atoms with van der Waals surface area (Å²) in [5, 5.41) is 0. The first-order valence-corrected chi connectivity index (χ1v) is 6.67. The molecule has 0 saturated carbocycles. The van der Waals surface area contributed by atoms with E-state index in [-0.39, 0.29) is 17.5 Å². The van der Waals surface area contributed by atoms with Crippen molar-refractivity contribution in [1.82, 2.24) is 4.90 Å². The fourth-order valence-electron chi connectivity index (χ4n) is 3.48. The zero-order valence-corrected chi connectivity index (χ0v) is 10.6. The second kappa shape index (κ2) is 4.47. The molecule has 2 fully saturated rings. The summed E-state index contributed by atoms with van der Waals surface area (Å²) in [7, 11) is 2.17. The Morgan fingerprint density at radius 2 is 1.72 bits per heavy atom. The molecule has 3 heteroatoms. The van der Waals surface area contributed by atoms with Crippen LogP contribution < -0.4 is 0 Å². The van der Waals surface area contributed by atoms with E-state index in [1.54, 1.807) is 12.1 Å². The lowest BCUT2D eigenvalue weighted by molar-refractivity contribution is 0.0767. The Hall–Kier alpha value is -1.22. The molecule has 2 nitrogen and oxygen atoms in total. The fraction of sp³-hybridized carbons (Fsp3) is 0.533. The molecule has 1 unspecified atom stereocenters. The topological polar surface area (TPSA) is 20.3 Å². The van der Waals surface area contributed by atoms with Gasteiger partial charge < -0.3 is 4.90 Å². The van der Waals surface area contributed by atoms with E-state index in [1.807, 2.05) is 0 Å². The summed E-state index contributed by atoms with van der Waals surface area (Å²) >= 11 is 0. The van der Waals surface area contributed by atoms with Gasteiger partial charge in [-0.25, -0.2) is 4.39 Å². The van der Waals surface area contributed by atoms with E-state index in [0.29, 0.717) is 17.6 Å². The quantitative estimate of drug-likeness (QED) is 0.749. The van der Waals surface area contributed by atoms with Crippen LogP contribution in [-0.4, -0.2) is 29.8 Å². The van der Waals surface area contributed by atoms with Crippen molar-refractivity contribution in [3.8, 4) is 0 Å². The summed E-state index contributed by atoms with van der Waals surface area (Å²) in [5.74, 6) is 0.0409. The SMILES string of the molecule is CN1[C@@H]2CC[C@H]1CC(C(=O)c1ccc(F)cc1)C2. The maximum Gasteiger partial charge on any atom is 0.166 e. The normalized spacial score (nSPS) is 31.6. The van der Waals surface area contributed by atoms with Gasteiger partial charge in [0.2, 0.25) is 0 Å². The number of Topliss-reactive ketones (excluding diaryl/α,β-unsaturated/α-hetero) is 1. The zero-order valence-electron chi connectivity index (χ0n) is 10.6. The summed E-state index contributed by atoms with van der Waals surface area (Å²) in [6, 6.07) is 7.10. The van der Waals surface area contributed by atoms with Gasteiger partial charge >= 0.3 is 0 Å². The molecule has 0 amide bonds. The van der Waals surface area contributed by atoms with Gasteiger partial charge in [-0.1, -0.05) is 0 Å².